The van der Waals surface area contributed by atoms with E-state index in [0.717, 1.165) is 65.4 Å². The quantitative estimate of drug-likeness (QED) is 0.338. The van der Waals surface area contributed by atoms with Gasteiger partial charge in [0.15, 0.2) is 5.82 Å². The van der Waals surface area contributed by atoms with E-state index in [2.05, 4.69) is 61.3 Å². The number of thiophene rings is 1. The number of likely N-dealkylation sites (tertiary alicyclic amines) is 1. The highest BCUT2D eigenvalue weighted by Gasteiger charge is 2.25. The molecule has 0 unspecified atom stereocenters. The lowest BCUT2D eigenvalue weighted by Crippen LogP contribution is -2.34. The molecule has 174 valence electrons. The fourth-order valence-corrected chi connectivity index (χ4v) is 5.47. The number of hydrogen-bond donors (Lipinski definition) is 2. The van der Waals surface area contributed by atoms with E-state index in [1.54, 1.807) is 6.21 Å². The number of aromatic nitrogens is 5. The van der Waals surface area contributed by atoms with Gasteiger partial charge in [0.05, 0.1) is 11.2 Å². The van der Waals surface area contributed by atoms with Crippen molar-refractivity contribution in [2.24, 2.45) is 4.99 Å². The monoisotopic (exact) mass is 471 g/mol. The molecule has 1 atom stereocenters. The summed E-state index contributed by atoms with van der Waals surface area (Å²) in [5.74, 6) is 2.08. The number of hydrogen-bond acceptors (Lipinski definition) is 6. The summed E-state index contributed by atoms with van der Waals surface area (Å²) in [6.07, 6.45) is 7.48. The van der Waals surface area contributed by atoms with Crippen molar-refractivity contribution in [1.82, 2.24) is 30.3 Å². The number of allylic oxidation sites excluding steroid dienone is 2. The van der Waals surface area contributed by atoms with Gasteiger partial charge in [-0.25, -0.2) is 4.98 Å². The second kappa shape index (κ2) is 9.87. The summed E-state index contributed by atoms with van der Waals surface area (Å²) in [6.45, 7) is 11.0. The highest BCUT2D eigenvalue weighted by atomic mass is 32.1. The van der Waals surface area contributed by atoms with E-state index in [0.29, 0.717) is 5.92 Å². The fraction of sp³-hybridized carbons (Fsp3) is 0.308. The minimum atomic E-state index is 0.373. The molecule has 1 fully saturated rings. The maximum absolute atomic E-state index is 4.91. The van der Waals surface area contributed by atoms with Gasteiger partial charge in [-0.3, -0.25) is 20.1 Å². The second-order valence-electron chi connectivity index (χ2n) is 8.81. The Bertz CT molecular complexity index is 1360. The number of aryl methyl sites for hydroxylation is 1. The molecule has 7 nitrogen and oxygen atoms in total. The van der Waals surface area contributed by atoms with E-state index >= 15 is 0 Å². The third-order valence-electron chi connectivity index (χ3n) is 6.44. The van der Waals surface area contributed by atoms with Gasteiger partial charge >= 0.3 is 0 Å². The lowest BCUT2D eigenvalue weighted by molar-refractivity contribution is 0.198. The van der Waals surface area contributed by atoms with Gasteiger partial charge in [-0.15, -0.1) is 11.3 Å². The smallest absolute Gasteiger partial charge is 0.181 e. The van der Waals surface area contributed by atoms with Crippen LogP contribution in [0.1, 0.15) is 47.6 Å². The van der Waals surface area contributed by atoms with Crippen LogP contribution in [0.15, 0.2) is 53.5 Å². The molecule has 34 heavy (non-hydrogen) atoms. The Morgan fingerprint density at radius 2 is 2.21 bits per heavy atom. The molecule has 0 amide bonds. The van der Waals surface area contributed by atoms with Crippen molar-refractivity contribution in [3.8, 4) is 11.4 Å². The zero-order valence-electron chi connectivity index (χ0n) is 19.6. The Hall–Kier alpha value is -3.36. The van der Waals surface area contributed by atoms with E-state index in [4.69, 9.17) is 4.98 Å². The van der Waals surface area contributed by atoms with Crippen LogP contribution in [0.2, 0.25) is 0 Å². The molecule has 4 heterocycles. The number of rotatable bonds is 7. The van der Waals surface area contributed by atoms with Crippen molar-refractivity contribution in [2.75, 3.05) is 13.1 Å². The highest BCUT2D eigenvalue weighted by Crippen LogP contribution is 2.30. The summed E-state index contributed by atoms with van der Waals surface area (Å²) < 4.78 is 0. The maximum Gasteiger partial charge on any atom is 0.181 e. The van der Waals surface area contributed by atoms with Crippen molar-refractivity contribution in [3.05, 3.63) is 70.5 Å². The molecular formula is C26H29N7S. The Morgan fingerprint density at radius 3 is 3.03 bits per heavy atom. The lowest BCUT2D eigenvalue weighted by atomic mass is 9.97. The van der Waals surface area contributed by atoms with Crippen LogP contribution in [0.3, 0.4) is 0 Å². The number of aromatic amines is 2. The van der Waals surface area contributed by atoms with Gasteiger partial charge in [-0.1, -0.05) is 6.58 Å². The summed E-state index contributed by atoms with van der Waals surface area (Å²) >= 11 is 1.85. The number of fused-ring (bicyclic) bond motifs is 1. The summed E-state index contributed by atoms with van der Waals surface area (Å²) in [7, 11) is 0. The number of piperidine rings is 1. The second-order valence-corrected chi connectivity index (χ2v) is 9.81. The molecule has 0 saturated carbocycles. The molecule has 1 saturated heterocycles. The molecule has 5 rings (SSSR count). The Kier molecular flexibility index (Phi) is 6.51. The Labute approximate surface area is 203 Å². The fourth-order valence-electron chi connectivity index (χ4n) is 4.53. The predicted molar refractivity (Wildman–Crippen MR) is 140 cm³/mol. The minimum absolute atomic E-state index is 0.373. The maximum atomic E-state index is 4.91. The lowest BCUT2D eigenvalue weighted by Gasteiger charge is -2.31. The van der Waals surface area contributed by atoms with Crippen LogP contribution in [0.4, 0.5) is 0 Å². The van der Waals surface area contributed by atoms with Crippen LogP contribution < -0.4 is 0 Å². The first-order valence-corrected chi connectivity index (χ1v) is 12.5. The molecule has 0 spiro atoms. The van der Waals surface area contributed by atoms with Crippen molar-refractivity contribution >= 4 is 34.0 Å². The van der Waals surface area contributed by atoms with Crippen LogP contribution >= 0.6 is 11.3 Å². The molecular weight excluding hydrogens is 442 g/mol. The van der Waals surface area contributed by atoms with Gasteiger partial charge in [0.2, 0.25) is 0 Å². The highest BCUT2D eigenvalue weighted by molar-refractivity contribution is 7.10. The molecule has 0 radical (unpaired) electrons. The van der Waals surface area contributed by atoms with Crippen LogP contribution in [-0.4, -0.2) is 49.6 Å². The van der Waals surface area contributed by atoms with Crippen molar-refractivity contribution in [1.29, 1.82) is 0 Å². The largest absolute Gasteiger partial charge is 0.298 e. The average molecular weight is 472 g/mol. The third-order valence-corrected chi connectivity index (χ3v) is 7.45. The number of aliphatic imine (C=N–C) groups is 1. The molecule has 0 bridgehead atoms. The minimum Gasteiger partial charge on any atom is -0.298 e. The molecule has 8 heteroatoms. The molecule has 3 aromatic heterocycles. The molecule has 1 aromatic carbocycles. The van der Waals surface area contributed by atoms with Crippen LogP contribution in [0.5, 0.6) is 0 Å². The first-order valence-electron chi connectivity index (χ1n) is 11.6. The summed E-state index contributed by atoms with van der Waals surface area (Å²) in [5, 5.41) is 18.6. The predicted octanol–water partition coefficient (Wildman–Crippen LogP) is 5.72. The van der Waals surface area contributed by atoms with Crippen molar-refractivity contribution in [3.63, 3.8) is 0 Å². The van der Waals surface area contributed by atoms with E-state index in [-0.39, 0.29) is 0 Å². The van der Waals surface area contributed by atoms with E-state index < -0.39 is 0 Å². The van der Waals surface area contributed by atoms with Gasteiger partial charge in [-0.05, 0) is 80.1 Å². The number of benzene rings is 1. The standard InChI is InChI=1S/C26H29N7S/c1-4-27-11-9-18(3)24-21-14-19(7-8-22(21)29-30-24)25-28-26(32-31-25)20-6-5-12-33(15-20)16-23-17(2)10-13-34-23/h4,7-11,13-14,20H,1,5-6,12,15-16H2,2-3H3,(H,29,30)(H,28,31,32)/b18-9+,27-11?/t20-/m1/s1. The van der Waals surface area contributed by atoms with E-state index in [1.807, 2.05) is 36.5 Å². The molecule has 2 N–H and O–H groups in total. The van der Waals surface area contributed by atoms with Gasteiger partial charge in [0.25, 0.3) is 0 Å². The zero-order valence-corrected chi connectivity index (χ0v) is 20.4. The number of nitrogens with one attached hydrogen (secondary N) is 2. The van der Waals surface area contributed by atoms with Gasteiger partial charge < -0.3 is 0 Å². The number of nitrogens with zero attached hydrogens (tertiary/aromatic N) is 5. The Morgan fingerprint density at radius 1 is 1.29 bits per heavy atom. The summed E-state index contributed by atoms with van der Waals surface area (Å²) in [6, 6.07) is 8.39. The molecule has 1 aliphatic heterocycles. The first kappa shape index (κ1) is 22.4. The van der Waals surface area contributed by atoms with Gasteiger partial charge in [0, 0.05) is 47.2 Å². The molecule has 0 aliphatic carbocycles. The average Bonchev–Trinajstić information content (AvgIpc) is 3.59. The zero-order chi connectivity index (χ0) is 23.5. The molecule has 1 aliphatic rings. The topological polar surface area (TPSA) is 85.8 Å². The normalized spacial score (nSPS) is 17.7. The molecule has 4 aromatic rings. The summed E-state index contributed by atoms with van der Waals surface area (Å²) in [4.78, 5) is 13.0. The van der Waals surface area contributed by atoms with E-state index in [9.17, 15) is 0 Å². The van der Waals surface area contributed by atoms with Crippen LogP contribution in [0.25, 0.3) is 27.9 Å². The third kappa shape index (κ3) is 4.64. The first-order chi connectivity index (χ1) is 16.6. The van der Waals surface area contributed by atoms with Crippen molar-refractivity contribution < 1.29 is 0 Å². The number of H-pyrrole nitrogens is 2. The van der Waals surface area contributed by atoms with Crippen LogP contribution in [0, 0.1) is 6.92 Å². The van der Waals surface area contributed by atoms with Gasteiger partial charge in [0.1, 0.15) is 5.82 Å². The summed E-state index contributed by atoms with van der Waals surface area (Å²) in [5.41, 5.74) is 5.27. The van der Waals surface area contributed by atoms with Crippen molar-refractivity contribution in [2.45, 2.75) is 39.2 Å². The van der Waals surface area contributed by atoms with Crippen LogP contribution in [-0.2, 0) is 6.54 Å². The Balaban J connectivity index is 1.35. The SMILES string of the molecule is C=CN=C/C=C(\C)c1n[nH]c2ccc(-c3n[nH]c([C@@H]4CCCN(Cc5sccc5C)C4)n3)cc12. The van der Waals surface area contributed by atoms with Gasteiger partial charge in [-0.2, -0.15) is 10.2 Å². The van der Waals surface area contributed by atoms with E-state index in [1.165, 1.54) is 23.1 Å².